The van der Waals surface area contributed by atoms with Gasteiger partial charge in [0.2, 0.25) is 0 Å². The molecule has 2 aliphatic heterocycles. The van der Waals surface area contributed by atoms with Crippen LogP contribution in [0.15, 0.2) is 157 Å². The number of amidine groups is 1. The van der Waals surface area contributed by atoms with E-state index in [1.54, 1.807) is 0 Å². The molecule has 208 valence electrons. The molecule has 1 spiro atoms. The van der Waals surface area contributed by atoms with Gasteiger partial charge in [0, 0.05) is 27.8 Å². The van der Waals surface area contributed by atoms with Crippen molar-refractivity contribution in [2.75, 3.05) is 0 Å². The van der Waals surface area contributed by atoms with Crippen molar-refractivity contribution in [2.45, 2.75) is 5.41 Å². The number of hydrazine groups is 1. The molecule has 0 aromatic heterocycles. The predicted octanol–water partition coefficient (Wildman–Crippen LogP) is 8.54. The maximum atomic E-state index is 6.48. The fourth-order valence-electron chi connectivity index (χ4n) is 7.14. The van der Waals surface area contributed by atoms with E-state index in [2.05, 4.69) is 138 Å². The topological polar surface area (TPSA) is 45.6 Å². The number of nitrogens with zero attached hydrogens (tertiary/aromatic N) is 1. The standard InChI is InChI=1S/C40H27N3O/c1-3-13-26(14-4-1)37-38(42-43-39(41-37)27-15-5-2-6-16-27)28-23-24-32-30(25-28)29-17-7-8-18-31(29)40(32)33-19-9-11-21-35(33)44-36-22-12-10-20-34(36)40/h1-25,42H,(H,41,43). The summed E-state index contributed by atoms with van der Waals surface area (Å²) in [5, 5.41) is 0. The van der Waals surface area contributed by atoms with Gasteiger partial charge in [-0.2, -0.15) is 0 Å². The minimum absolute atomic E-state index is 0.483. The largest absolute Gasteiger partial charge is 0.457 e. The summed E-state index contributed by atoms with van der Waals surface area (Å²) < 4.78 is 6.48. The molecule has 0 bridgehead atoms. The van der Waals surface area contributed by atoms with Crippen molar-refractivity contribution in [3.05, 3.63) is 191 Å². The van der Waals surface area contributed by atoms with E-state index in [0.29, 0.717) is 0 Å². The predicted molar refractivity (Wildman–Crippen MR) is 176 cm³/mol. The summed E-state index contributed by atoms with van der Waals surface area (Å²) >= 11 is 0. The molecule has 0 amide bonds. The van der Waals surface area contributed by atoms with Crippen molar-refractivity contribution < 1.29 is 4.74 Å². The minimum Gasteiger partial charge on any atom is -0.457 e. The highest BCUT2D eigenvalue weighted by Gasteiger charge is 2.51. The van der Waals surface area contributed by atoms with Crippen LogP contribution >= 0.6 is 0 Å². The molecule has 6 aromatic carbocycles. The Kier molecular flexibility index (Phi) is 5.38. The van der Waals surface area contributed by atoms with E-state index in [1.807, 2.05) is 24.3 Å². The SMILES string of the molecule is c1ccc(C2=NC(c3ccccc3)=C(c3ccc4c(c3)-c3ccccc3C43c4ccccc4Oc4ccccc43)NN2)cc1. The van der Waals surface area contributed by atoms with Gasteiger partial charge in [0.25, 0.3) is 0 Å². The summed E-state index contributed by atoms with van der Waals surface area (Å²) in [5.74, 6) is 2.58. The fourth-order valence-corrected chi connectivity index (χ4v) is 7.14. The smallest absolute Gasteiger partial charge is 0.152 e. The van der Waals surface area contributed by atoms with Gasteiger partial charge in [0.05, 0.1) is 16.8 Å². The fraction of sp³-hybridized carbons (Fsp3) is 0.0250. The lowest BCUT2D eigenvalue weighted by molar-refractivity contribution is 0.436. The van der Waals surface area contributed by atoms with E-state index in [1.165, 1.54) is 22.3 Å². The Bertz CT molecular complexity index is 2100. The van der Waals surface area contributed by atoms with Gasteiger partial charge in [0.1, 0.15) is 11.5 Å². The number of aliphatic imine (C=N–C) groups is 1. The van der Waals surface area contributed by atoms with Gasteiger partial charge in [-0.25, -0.2) is 4.99 Å². The quantitative estimate of drug-likeness (QED) is 0.226. The number of hydrogen-bond acceptors (Lipinski definition) is 4. The lowest BCUT2D eigenvalue weighted by atomic mass is 9.66. The maximum Gasteiger partial charge on any atom is 0.152 e. The first-order chi connectivity index (χ1) is 21.8. The van der Waals surface area contributed by atoms with Crippen molar-refractivity contribution in [1.82, 2.24) is 10.9 Å². The van der Waals surface area contributed by atoms with Gasteiger partial charge in [-0.3, -0.25) is 10.9 Å². The van der Waals surface area contributed by atoms with Crippen LogP contribution in [0.4, 0.5) is 0 Å². The van der Waals surface area contributed by atoms with Crippen molar-refractivity contribution in [3.8, 4) is 22.6 Å². The first kappa shape index (κ1) is 24.7. The van der Waals surface area contributed by atoms with E-state index in [-0.39, 0.29) is 0 Å². The summed E-state index contributed by atoms with van der Waals surface area (Å²) in [6.45, 7) is 0. The van der Waals surface area contributed by atoms with Crippen LogP contribution in [0.3, 0.4) is 0 Å². The van der Waals surface area contributed by atoms with Crippen LogP contribution in [0.2, 0.25) is 0 Å². The molecule has 9 rings (SSSR count). The van der Waals surface area contributed by atoms with Crippen LogP contribution in [0.25, 0.3) is 22.5 Å². The van der Waals surface area contributed by atoms with E-state index < -0.39 is 5.41 Å². The molecule has 0 saturated heterocycles. The second-order valence-corrected chi connectivity index (χ2v) is 11.3. The summed E-state index contributed by atoms with van der Waals surface area (Å²) in [5.41, 5.74) is 18.7. The third kappa shape index (κ3) is 3.48. The lowest BCUT2D eigenvalue weighted by Gasteiger charge is -2.39. The average molecular weight is 566 g/mol. The Labute approximate surface area is 256 Å². The first-order valence-corrected chi connectivity index (χ1v) is 14.9. The number of ether oxygens (including phenoxy) is 1. The van der Waals surface area contributed by atoms with Gasteiger partial charge < -0.3 is 4.74 Å². The number of nitrogens with one attached hydrogen (secondary N) is 2. The van der Waals surface area contributed by atoms with Crippen LogP contribution in [-0.4, -0.2) is 5.84 Å². The second kappa shape index (κ2) is 9.58. The third-order valence-corrected chi connectivity index (χ3v) is 9.00. The van der Waals surface area contributed by atoms with Gasteiger partial charge in [-0.05, 0) is 40.5 Å². The molecule has 0 fully saturated rings. The molecule has 2 heterocycles. The van der Waals surface area contributed by atoms with Crippen LogP contribution in [0.5, 0.6) is 11.5 Å². The lowest BCUT2D eigenvalue weighted by Crippen LogP contribution is -2.40. The van der Waals surface area contributed by atoms with Gasteiger partial charge in [-0.1, -0.05) is 133 Å². The Hall–Kier alpha value is -5.87. The number of fused-ring (bicyclic) bond motifs is 9. The number of hydrogen-bond donors (Lipinski definition) is 2. The monoisotopic (exact) mass is 565 g/mol. The Balaban J connectivity index is 1.30. The molecule has 0 saturated carbocycles. The molecule has 6 aromatic rings. The van der Waals surface area contributed by atoms with Crippen molar-refractivity contribution in [3.63, 3.8) is 0 Å². The van der Waals surface area contributed by atoms with Crippen LogP contribution in [-0.2, 0) is 5.41 Å². The molecule has 3 aliphatic rings. The molecule has 4 heteroatoms. The van der Waals surface area contributed by atoms with Crippen molar-refractivity contribution >= 4 is 17.2 Å². The Morgan fingerprint density at radius 1 is 0.455 bits per heavy atom. The number of rotatable bonds is 3. The van der Waals surface area contributed by atoms with Gasteiger partial charge in [-0.15, -0.1) is 0 Å². The number of benzene rings is 6. The molecule has 44 heavy (non-hydrogen) atoms. The van der Waals surface area contributed by atoms with Gasteiger partial charge in [0.15, 0.2) is 5.84 Å². The third-order valence-electron chi connectivity index (χ3n) is 9.00. The Morgan fingerprint density at radius 3 is 1.73 bits per heavy atom. The summed E-state index contributed by atoms with van der Waals surface area (Å²) in [6, 6.07) is 53.2. The second-order valence-electron chi connectivity index (χ2n) is 11.3. The molecule has 4 nitrogen and oxygen atoms in total. The number of para-hydroxylation sites is 2. The molecule has 0 unspecified atom stereocenters. The summed E-state index contributed by atoms with van der Waals surface area (Å²) in [7, 11) is 0. The van der Waals surface area contributed by atoms with Crippen molar-refractivity contribution in [1.29, 1.82) is 0 Å². The highest BCUT2D eigenvalue weighted by atomic mass is 16.5. The van der Waals surface area contributed by atoms with E-state index in [0.717, 1.165) is 56.5 Å². The van der Waals surface area contributed by atoms with E-state index in [4.69, 9.17) is 9.73 Å². The van der Waals surface area contributed by atoms with Crippen LogP contribution < -0.4 is 15.6 Å². The maximum absolute atomic E-state index is 6.48. The average Bonchev–Trinajstić information content (AvgIpc) is 3.39. The zero-order valence-electron chi connectivity index (χ0n) is 23.8. The molecular formula is C40H27N3O. The van der Waals surface area contributed by atoms with Gasteiger partial charge >= 0.3 is 0 Å². The highest BCUT2D eigenvalue weighted by molar-refractivity contribution is 6.07. The van der Waals surface area contributed by atoms with E-state index >= 15 is 0 Å². The molecule has 2 N–H and O–H groups in total. The summed E-state index contributed by atoms with van der Waals surface area (Å²) in [4.78, 5) is 5.17. The molecule has 0 atom stereocenters. The first-order valence-electron chi connectivity index (χ1n) is 14.9. The Morgan fingerprint density at radius 2 is 1.02 bits per heavy atom. The molecular weight excluding hydrogens is 538 g/mol. The summed E-state index contributed by atoms with van der Waals surface area (Å²) in [6.07, 6.45) is 0. The molecule has 1 aliphatic carbocycles. The van der Waals surface area contributed by atoms with Crippen LogP contribution in [0.1, 0.15) is 38.9 Å². The normalized spacial score (nSPS) is 15.1. The van der Waals surface area contributed by atoms with E-state index in [9.17, 15) is 0 Å². The zero-order valence-corrected chi connectivity index (χ0v) is 23.8. The van der Waals surface area contributed by atoms with Crippen LogP contribution in [0, 0.1) is 0 Å². The minimum atomic E-state index is -0.483. The highest BCUT2D eigenvalue weighted by Crippen LogP contribution is 2.62. The zero-order chi connectivity index (χ0) is 29.1. The molecule has 0 radical (unpaired) electrons. The van der Waals surface area contributed by atoms with Crippen molar-refractivity contribution in [2.24, 2.45) is 4.99 Å².